The van der Waals surface area contributed by atoms with Crippen molar-refractivity contribution in [3.8, 4) is 0 Å². The third-order valence-corrected chi connectivity index (χ3v) is 4.62. The standard InChI is InChI=1S/C16H25N3O3/c1-4-13(5-2)19-11(3)14(9-17-19)15(20)18-8-6-7-12(10-18)16(21)22/h9,12-13H,4-8,10H2,1-3H3,(H,21,22)/t12-/m0/s1. The summed E-state index contributed by atoms with van der Waals surface area (Å²) < 4.78 is 1.92. The number of aliphatic carboxylic acids is 1. The van der Waals surface area contributed by atoms with E-state index >= 15 is 0 Å². The van der Waals surface area contributed by atoms with Gasteiger partial charge in [0, 0.05) is 18.8 Å². The van der Waals surface area contributed by atoms with Gasteiger partial charge in [-0.2, -0.15) is 5.10 Å². The van der Waals surface area contributed by atoms with Gasteiger partial charge in [0.05, 0.1) is 23.7 Å². The van der Waals surface area contributed by atoms with Crippen LogP contribution in [0.1, 0.15) is 61.6 Å². The molecular weight excluding hydrogens is 282 g/mol. The second kappa shape index (κ2) is 6.94. The number of carboxylic acid groups (broad SMARTS) is 1. The van der Waals surface area contributed by atoms with Crippen LogP contribution in [0.25, 0.3) is 0 Å². The van der Waals surface area contributed by atoms with Gasteiger partial charge in [0.15, 0.2) is 0 Å². The minimum Gasteiger partial charge on any atom is -0.481 e. The molecular formula is C16H25N3O3. The fraction of sp³-hybridized carbons (Fsp3) is 0.688. The molecule has 0 aliphatic carbocycles. The number of carboxylic acids is 1. The summed E-state index contributed by atoms with van der Waals surface area (Å²) in [5, 5.41) is 13.5. The van der Waals surface area contributed by atoms with Gasteiger partial charge < -0.3 is 10.0 Å². The largest absolute Gasteiger partial charge is 0.481 e. The maximum absolute atomic E-state index is 12.7. The number of likely N-dealkylation sites (tertiary alicyclic amines) is 1. The maximum atomic E-state index is 12.7. The third kappa shape index (κ3) is 3.15. The van der Waals surface area contributed by atoms with Crippen LogP contribution in [-0.2, 0) is 4.79 Å². The first kappa shape index (κ1) is 16.5. The Morgan fingerprint density at radius 3 is 2.68 bits per heavy atom. The van der Waals surface area contributed by atoms with Crippen molar-refractivity contribution in [1.29, 1.82) is 0 Å². The Morgan fingerprint density at radius 2 is 2.09 bits per heavy atom. The van der Waals surface area contributed by atoms with Gasteiger partial charge in [0.2, 0.25) is 0 Å². The van der Waals surface area contributed by atoms with E-state index in [9.17, 15) is 9.59 Å². The zero-order valence-electron chi connectivity index (χ0n) is 13.6. The Balaban J connectivity index is 2.18. The first-order valence-corrected chi connectivity index (χ1v) is 8.05. The van der Waals surface area contributed by atoms with Crippen LogP contribution in [0.3, 0.4) is 0 Å². The zero-order valence-corrected chi connectivity index (χ0v) is 13.6. The number of piperidine rings is 1. The van der Waals surface area contributed by atoms with Crippen LogP contribution in [-0.4, -0.2) is 44.8 Å². The van der Waals surface area contributed by atoms with E-state index < -0.39 is 11.9 Å². The molecule has 1 aliphatic rings. The Morgan fingerprint density at radius 1 is 1.41 bits per heavy atom. The Hall–Kier alpha value is -1.85. The highest BCUT2D eigenvalue weighted by Gasteiger charge is 2.30. The van der Waals surface area contributed by atoms with E-state index in [0.29, 0.717) is 31.1 Å². The van der Waals surface area contributed by atoms with Crippen LogP contribution in [0.5, 0.6) is 0 Å². The first-order valence-electron chi connectivity index (χ1n) is 8.05. The van der Waals surface area contributed by atoms with Crippen LogP contribution in [0.4, 0.5) is 0 Å². The van der Waals surface area contributed by atoms with Gasteiger partial charge in [0.1, 0.15) is 0 Å². The van der Waals surface area contributed by atoms with Crippen molar-refractivity contribution >= 4 is 11.9 Å². The number of aromatic nitrogens is 2. The molecule has 122 valence electrons. The van der Waals surface area contributed by atoms with Crippen LogP contribution in [0.15, 0.2) is 6.20 Å². The smallest absolute Gasteiger partial charge is 0.308 e. The summed E-state index contributed by atoms with van der Waals surface area (Å²) in [6.07, 6.45) is 4.95. The van der Waals surface area contributed by atoms with Crippen molar-refractivity contribution in [2.45, 2.75) is 52.5 Å². The third-order valence-electron chi connectivity index (χ3n) is 4.62. The summed E-state index contributed by atoms with van der Waals surface area (Å²) in [5.41, 5.74) is 1.47. The number of nitrogens with zero attached hydrogens (tertiary/aromatic N) is 3. The second-order valence-electron chi connectivity index (χ2n) is 5.99. The normalized spacial score (nSPS) is 18.7. The molecule has 1 aromatic rings. The van der Waals surface area contributed by atoms with Gasteiger partial charge in [-0.05, 0) is 32.6 Å². The highest BCUT2D eigenvalue weighted by atomic mass is 16.4. The number of carbonyl (C=O) groups is 2. The summed E-state index contributed by atoms with van der Waals surface area (Å²) in [6, 6.07) is 0.301. The van der Waals surface area contributed by atoms with Gasteiger partial charge in [-0.25, -0.2) is 0 Å². The zero-order chi connectivity index (χ0) is 16.3. The van der Waals surface area contributed by atoms with E-state index in [2.05, 4.69) is 18.9 Å². The van der Waals surface area contributed by atoms with Crippen molar-refractivity contribution < 1.29 is 14.7 Å². The molecule has 1 N–H and O–H groups in total. The highest BCUT2D eigenvalue weighted by molar-refractivity contribution is 5.95. The van der Waals surface area contributed by atoms with E-state index in [4.69, 9.17) is 5.11 Å². The van der Waals surface area contributed by atoms with Gasteiger partial charge in [0.25, 0.3) is 5.91 Å². The fourth-order valence-corrected chi connectivity index (χ4v) is 3.17. The van der Waals surface area contributed by atoms with Crippen LogP contribution >= 0.6 is 0 Å². The lowest BCUT2D eigenvalue weighted by atomic mass is 9.97. The summed E-state index contributed by atoms with van der Waals surface area (Å²) >= 11 is 0. The summed E-state index contributed by atoms with van der Waals surface area (Å²) in [4.78, 5) is 25.5. The molecule has 22 heavy (non-hydrogen) atoms. The summed E-state index contributed by atoms with van der Waals surface area (Å²) in [5.74, 6) is -1.37. The van der Waals surface area contributed by atoms with E-state index in [0.717, 1.165) is 25.0 Å². The van der Waals surface area contributed by atoms with Crippen molar-refractivity contribution in [2.24, 2.45) is 5.92 Å². The predicted octanol–water partition coefficient (Wildman–Crippen LogP) is 2.49. The monoisotopic (exact) mass is 307 g/mol. The fourth-order valence-electron chi connectivity index (χ4n) is 3.17. The van der Waals surface area contributed by atoms with E-state index in [1.807, 2.05) is 11.6 Å². The maximum Gasteiger partial charge on any atom is 0.308 e. The Bertz CT molecular complexity index is 549. The van der Waals surface area contributed by atoms with Crippen LogP contribution in [0, 0.1) is 12.8 Å². The molecule has 6 heteroatoms. The summed E-state index contributed by atoms with van der Waals surface area (Å²) in [6.45, 7) is 7.05. The Kier molecular flexibility index (Phi) is 5.21. The highest BCUT2D eigenvalue weighted by Crippen LogP contribution is 2.23. The van der Waals surface area contributed by atoms with Crippen molar-refractivity contribution in [1.82, 2.24) is 14.7 Å². The first-order chi connectivity index (χ1) is 10.5. The number of carbonyl (C=O) groups excluding carboxylic acids is 1. The van der Waals surface area contributed by atoms with Crippen molar-refractivity contribution in [2.75, 3.05) is 13.1 Å². The molecule has 2 heterocycles. The molecule has 2 rings (SSSR count). The molecule has 0 saturated carbocycles. The van der Waals surface area contributed by atoms with Gasteiger partial charge in [-0.3, -0.25) is 14.3 Å². The average Bonchev–Trinajstić information content (AvgIpc) is 2.90. The molecule has 1 aromatic heterocycles. The van der Waals surface area contributed by atoms with Crippen LogP contribution < -0.4 is 0 Å². The van der Waals surface area contributed by atoms with E-state index in [1.165, 1.54) is 0 Å². The predicted molar refractivity (Wildman–Crippen MR) is 82.8 cm³/mol. The molecule has 1 aliphatic heterocycles. The Labute approximate surface area is 131 Å². The number of amides is 1. The SMILES string of the molecule is CCC(CC)n1ncc(C(=O)N2CCC[C@H](C(=O)O)C2)c1C. The van der Waals surface area contributed by atoms with E-state index in [-0.39, 0.29) is 5.91 Å². The second-order valence-corrected chi connectivity index (χ2v) is 5.99. The van der Waals surface area contributed by atoms with Crippen molar-refractivity contribution in [3.63, 3.8) is 0 Å². The molecule has 1 fully saturated rings. The van der Waals surface area contributed by atoms with Gasteiger partial charge in [-0.1, -0.05) is 13.8 Å². The molecule has 0 bridgehead atoms. The quantitative estimate of drug-likeness (QED) is 0.907. The number of rotatable bonds is 5. The lowest BCUT2D eigenvalue weighted by Crippen LogP contribution is -2.42. The lowest BCUT2D eigenvalue weighted by molar-refractivity contribution is -0.143. The molecule has 0 aromatic carbocycles. The van der Waals surface area contributed by atoms with E-state index in [1.54, 1.807) is 11.1 Å². The minimum atomic E-state index is -0.818. The summed E-state index contributed by atoms with van der Waals surface area (Å²) in [7, 11) is 0. The molecule has 1 saturated heterocycles. The number of hydrogen-bond acceptors (Lipinski definition) is 3. The molecule has 1 atom stereocenters. The van der Waals surface area contributed by atoms with Gasteiger partial charge >= 0.3 is 5.97 Å². The van der Waals surface area contributed by atoms with Crippen molar-refractivity contribution in [3.05, 3.63) is 17.5 Å². The average molecular weight is 307 g/mol. The molecule has 0 unspecified atom stereocenters. The van der Waals surface area contributed by atoms with Gasteiger partial charge in [-0.15, -0.1) is 0 Å². The molecule has 1 amide bonds. The lowest BCUT2D eigenvalue weighted by Gasteiger charge is -2.30. The molecule has 0 radical (unpaired) electrons. The van der Waals surface area contributed by atoms with Crippen LogP contribution in [0.2, 0.25) is 0 Å². The number of hydrogen-bond donors (Lipinski definition) is 1. The topological polar surface area (TPSA) is 75.4 Å². The minimum absolute atomic E-state index is 0.0966. The molecule has 6 nitrogen and oxygen atoms in total. The molecule has 0 spiro atoms.